The number of quaternary nitrogens is 1. The molecule has 2 fully saturated rings. The van der Waals surface area contributed by atoms with Crippen LogP contribution in [0.15, 0.2) is 36.4 Å². The van der Waals surface area contributed by atoms with Crippen LogP contribution >= 0.6 is 0 Å². The minimum atomic E-state index is -1.32. The summed E-state index contributed by atoms with van der Waals surface area (Å²) in [5, 5.41) is 15.2. The second-order valence-electron chi connectivity index (χ2n) is 9.13. The number of rotatable bonds is 3. The van der Waals surface area contributed by atoms with Crippen molar-refractivity contribution in [3.8, 4) is 0 Å². The van der Waals surface area contributed by atoms with E-state index in [4.69, 9.17) is 0 Å². The molecular formula is C24H25FN3O4+. The van der Waals surface area contributed by atoms with Gasteiger partial charge >= 0.3 is 0 Å². The smallest absolute Gasteiger partial charge is 0.291 e. The summed E-state index contributed by atoms with van der Waals surface area (Å²) in [4.78, 5) is 41.7. The van der Waals surface area contributed by atoms with E-state index in [1.54, 1.807) is 12.2 Å². The molecular weight excluding hydrogens is 413 g/mol. The van der Waals surface area contributed by atoms with Gasteiger partial charge in [0.25, 0.3) is 5.91 Å². The van der Waals surface area contributed by atoms with Crippen LogP contribution in [0.2, 0.25) is 0 Å². The van der Waals surface area contributed by atoms with Gasteiger partial charge in [-0.25, -0.2) is 4.39 Å². The summed E-state index contributed by atoms with van der Waals surface area (Å²) in [5.74, 6) is -3.36. The van der Waals surface area contributed by atoms with E-state index in [9.17, 15) is 23.9 Å². The van der Waals surface area contributed by atoms with Crippen LogP contribution in [-0.4, -0.2) is 39.9 Å². The van der Waals surface area contributed by atoms with E-state index in [0.717, 1.165) is 16.0 Å². The van der Waals surface area contributed by atoms with Gasteiger partial charge in [-0.1, -0.05) is 18.2 Å². The zero-order chi connectivity index (χ0) is 22.9. The molecule has 32 heavy (non-hydrogen) atoms. The van der Waals surface area contributed by atoms with E-state index < -0.39 is 47.2 Å². The van der Waals surface area contributed by atoms with Gasteiger partial charge in [0.05, 0.1) is 12.2 Å². The number of halogens is 1. The van der Waals surface area contributed by atoms with Gasteiger partial charge in [0, 0.05) is 5.56 Å². The first-order valence-electron chi connectivity index (χ1n) is 10.7. The van der Waals surface area contributed by atoms with E-state index in [0.29, 0.717) is 16.8 Å². The maximum Gasteiger partial charge on any atom is 0.291 e. The highest BCUT2D eigenvalue weighted by Crippen LogP contribution is 2.50. The molecule has 5 atom stereocenters. The number of likely N-dealkylation sites (tertiary alicyclic amines) is 1. The summed E-state index contributed by atoms with van der Waals surface area (Å²) in [6.45, 7) is 5.43. The molecule has 0 saturated carbocycles. The van der Waals surface area contributed by atoms with Gasteiger partial charge in [-0.3, -0.25) is 19.3 Å². The third-order valence-electron chi connectivity index (χ3n) is 7.41. The van der Waals surface area contributed by atoms with Crippen LogP contribution in [0.5, 0.6) is 0 Å². The number of benzene rings is 2. The number of nitrogens with one attached hydrogen (secondary N) is 1. The Bertz CT molecular complexity index is 1160. The predicted molar refractivity (Wildman–Crippen MR) is 113 cm³/mol. The molecule has 2 aromatic rings. The van der Waals surface area contributed by atoms with Crippen LogP contribution in [0.1, 0.15) is 29.2 Å². The van der Waals surface area contributed by atoms with Crippen molar-refractivity contribution in [1.82, 2.24) is 4.90 Å². The van der Waals surface area contributed by atoms with Crippen LogP contribution in [0.3, 0.4) is 0 Å². The Labute approximate surface area is 184 Å². The molecule has 0 radical (unpaired) electrons. The van der Waals surface area contributed by atoms with Crippen molar-refractivity contribution >= 4 is 23.4 Å². The van der Waals surface area contributed by atoms with Crippen molar-refractivity contribution < 1.29 is 29.2 Å². The van der Waals surface area contributed by atoms with Crippen LogP contribution in [0.25, 0.3) is 0 Å². The van der Waals surface area contributed by atoms with Crippen molar-refractivity contribution in [1.29, 1.82) is 0 Å². The Morgan fingerprint density at radius 2 is 1.81 bits per heavy atom. The fourth-order valence-electron chi connectivity index (χ4n) is 5.63. The quantitative estimate of drug-likeness (QED) is 0.615. The summed E-state index contributed by atoms with van der Waals surface area (Å²) in [6, 6.07) is 8.72. The first kappa shape index (κ1) is 20.8. The molecule has 8 heteroatoms. The molecule has 0 aliphatic carbocycles. The number of hydrogen-bond acceptors (Lipinski definition) is 4. The van der Waals surface area contributed by atoms with E-state index in [1.165, 1.54) is 24.3 Å². The van der Waals surface area contributed by atoms with Gasteiger partial charge < -0.3 is 15.7 Å². The second-order valence-corrected chi connectivity index (χ2v) is 9.13. The molecule has 5 rings (SSSR count). The van der Waals surface area contributed by atoms with Crippen molar-refractivity contribution in [2.45, 2.75) is 45.0 Å². The highest BCUT2D eigenvalue weighted by atomic mass is 19.1. The van der Waals surface area contributed by atoms with Crippen molar-refractivity contribution in [3.05, 3.63) is 64.5 Å². The maximum atomic E-state index is 13.7. The van der Waals surface area contributed by atoms with Crippen molar-refractivity contribution in [2.75, 3.05) is 5.32 Å². The lowest BCUT2D eigenvalue weighted by atomic mass is 9.76. The molecule has 166 valence electrons. The third-order valence-corrected chi connectivity index (χ3v) is 7.41. The Morgan fingerprint density at radius 3 is 2.47 bits per heavy atom. The summed E-state index contributed by atoms with van der Waals surface area (Å²) in [6.07, 6.45) is -0.909. The molecule has 3 heterocycles. The van der Waals surface area contributed by atoms with E-state index in [2.05, 4.69) is 5.32 Å². The number of imide groups is 1. The number of aliphatic hydroxyl groups is 1. The van der Waals surface area contributed by atoms with Gasteiger partial charge in [0.2, 0.25) is 17.4 Å². The first-order chi connectivity index (χ1) is 15.2. The average Bonchev–Trinajstić information content (AvgIpc) is 3.34. The predicted octanol–water partition coefficient (Wildman–Crippen LogP) is 0.718. The van der Waals surface area contributed by atoms with Gasteiger partial charge in [0.1, 0.15) is 29.8 Å². The van der Waals surface area contributed by atoms with Gasteiger partial charge in [-0.05, 0) is 55.7 Å². The standard InChI is InChI=1S/C24H24FN3O4/c1-11-4-9-16-19(12(11)2)26-23(32)24(16)18-17(20(27-24)13(3)29)21(30)28(22(18)31)10-14-5-7-15(25)8-6-14/h4-9,13,17-18,20,27,29H,10H2,1-3H3,(H,26,32)/p+1/t13-,17+,18+,20+,24+/m1/s1. The molecule has 1 spiro atoms. The van der Waals surface area contributed by atoms with Crippen LogP contribution in [0.4, 0.5) is 10.1 Å². The third kappa shape index (κ3) is 2.63. The summed E-state index contributed by atoms with van der Waals surface area (Å²) in [7, 11) is 0. The Morgan fingerprint density at radius 1 is 1.12 bits per heavy atom. The lowest BCUT2D eigenvalue weighted by molar-refractivity contribution is -0.738. The Balaban J connectivity index is 1.62. The fraction of sp³-hybridized carbons (Fsp3) is 0.375. The normalized spacial score (nSPS) is 29.5. The van der Waals surface area contributed by atoms with Crippen molar-refractivity contribution in [2.24, 2.45) is 11.8 Å². The van der Waals surface area contributed by atoms with E-state index in [-0.39, 0.29) is 12.5 Å². The minimum Gasteiger partial charge on any atom is -0.387 e. The number of carbonyl (C=O) groups excluding carboxylic acids is 3. The molecule has 3 amide bonds. The molecule has 2 saturated heterocycles. The number of fused-ring (bicyclic) bond motifs is 4. The molecule has 0 aromatic heterocycles. The Hall–Kier alpha value is -3.10. The van der Waals surface area contributed by atoms with E-state index >= 15 is 0 Å². The first-order valence-corrected chi connectivity index (χ1v) is 10.7. The summed E-state index contributed by atoms with van der Waals surface area (Å²) >= 11 is 0. The number of carbonyl (C=O) groups is 3. The number of nitrogens with two attached hydrogens (primary N) is 1. The zero-order valence-electron chi connectivity index (χ0n) is 18.1. The lowest BCUT2D eigenvalue weighted by Gasteiger charge is -2.27. The van der Waals surface area contributed by atoms with Crippen molar-refractivity contribution in [3.63, 3.8) is 0 Å². The maximum absolute atomic E-state index is 13.7. The number of hydrogen-bond donors (Lipinski definition) is 3. The molecule has 4 N–H and O–H groups in total. The second kappa shape index (κ2) is 6.95. The molecule has 3 aliphatic rings. The fourth-order valence-corrected chi connectivity index (χ4v) is 5.63. The molecule has 0 unspecified atom stereocenters. The molecule has 3 aliphatic heterocycles. The average molecular weight is 438 g/mol. The molecule has 7 nitrogen and oxygen atoms in total. The monoisotopic (exact) mass is 438 g/mol. The number of aryl methyl sites for hydroxylation is 1. The zero-order valence-corrected chi connectivity index (χ0v) is 18.1. The van der Waals surface area contributed by atoms with Crippen LogP contribution in [0, 0.1) is 31.5 Å². The topological polar surface area (TPSA) is 103 Å². The minimum absolute atomic E-state index is 0.00500. The lowest BCUT2D eigenvalue weighted by Crippen LogP contribution is -3.00. The van der Waals surface area contributed by atoms with Gasteiger partial charge in [-0.15, -0.1) is 0 Å². The summed E-state index contributed by atoms with van der Waals surface area (Å²) < 4.78 is 13.3. The number of amides is 3. The molecule has 2 aromatic carbocycles. The largest absolute Gasteiger partial charge is 0.387 e. The molecule has 0 bridgehead atoms. The number of anilines is 1. The number of nitrogens with zero attached hydrogens (tertiary/aromatic N) is 1. The Kier molecular flexibility index (Phi) is 4.51. The van der Waals surface area contributed by atoms with Gasteiger partial charge in [0.15, 0.2) is 0 Å². The number of aliphatic hydroxyl groups excluding tert-OH is 1. The van der Waals surface area contributed by atoms with E-state index in [1.807, 2.05) is 26.0 Å². The SMILES string of the molecule is Cc1ccc2c(c1C)NC(=O)[C@]21[NH2+][C@@H]([C@@H](C)O)[C@H]2C(=O)N(Cc3ccc(F)cc3)C(=O)[C@H]21. The highest BCUT2D eigenvalue weighted by molar-refractivity contribution is 6.14. The summed E-state index contributed by atoms with van der Waals surface area (Å²) in [5.41, 5.74) is 2.57. The van der Waals surface area contributed by atoms with Gasteiger partial charge in [-0.2, -0.15) is 0 Å². The highest BCUT2D eigenvalue weighted by Gasteiger charge is 2.74. The van der Waals surface area contributed by atoms with Crippen LogP contribution in [-0.2, 0) is 26.5 Å². The van der Waals surface area contributed by atoms with Crippen LogP contribution < -0.4 is 10.6 Å².